The van der Waals surface area contributed by atoms with Gasteiger partial charge in [0, 0.05) is 41.7 Å². The number of ether oxygens (including phenoxy) is 1. The molecule has 7 rings (SSSR count). The van der Waals surface area contributed by atoms with Gasteiger partial charge in [-0.15, -0.1) is 10.2 Å². The minimum atomic E-state index is -0.611. The first-order chi connectivity index (χ1) is 24.6. The van der Waals surface area contributed by atoms with Gasteiger partial charge in [-0.1, -0.05) is 91.0 Å². The number of aryl methyl sites for hydroxylation is 2. The predicted molar refractivity (Wildman–Crippen MR) is 192 cm³/mol. The van der Waals surface area contributed by atoms with E-state index < -0.39 is 11.9 Å². The molecule has 0 saturated heterocycles. The van der Waals surface area contributed by atoms with Crippen molar-refractivity contribution in [3.8, 4) is 5.75 Å². The van der Waals surface area contributed by atoms with E-state index in [1.165, 1.54) is 11.8 Å². The molecule has 0 aliphatic rings. The first kappa shape index (κ1) is 32.2. The zero-order chi connectivity index (χ0) is 34.3. The van der Waals surface area contributed by atoms with Gasteiger partial charge < -0.3 is 19.6 Å². The van der Waals surface area contributed by atoms with Crippen molar-refractivity contribution in [1.29, 1.82) is 0 Å². The fraction of sp³-hybridized carbons (Fsp3) is 0.146. The van der Waals surface area contributed by atoms with Crippen LogP contribution in [0.15, 0.2) is 134 Å². The van der Waals surface area contributed by atoms with Crippen molar-refractivity contribution in [1.82, 2.24) is 30.0 Å². The molecule has 9 nitrogen and oxygen atoms in total. The van der Waals surface area contributed by atoms with Crippen molar-refractivity contribution < 1.29 is 14.3 Å². The van der Waals surface area contributed by atoms with Gasteiger partial charge in [0.05, 0.1) is 25.3 Å². The second kappa shape index (κ2) is 14.8. The van der Waals surface area contributed by atoms with Gasteiger partial charge in [-0.3, -0.25) is 14.6 Å². The molecule has 248 valence electrons. The molecule has 0 aliphatic heterocycles. The molecule has 2 N–H and O–H groups in total. The average molecular weight is 661 g/mol. The predicted octanol–water partition coefficient (Wildman–Crippen LogP) is 6.94. The van der Waals surface area contributed by atoms with Gasteiger partial charge in [-0.2, -0.15) is 0 Å². The van der Waals surface area contributed by atoms with E-state index in [9.17, 15) is 9.59 Å². The molecular formula is C41H36N6O3. The Balaban J connectivity index is 1.28. The number of carbonyl (C=O) groups excluding carboxylic acids is 2. The number of fused-ring (bicyclic) bond motifs is 1. The number of methoxy groups -OCH3 is 1. The molecule has 0 spiro atoms. The van der Waals surface area contributed by atoms with E-state index in [2.05, 4.69) is 38.1 Å². The van der Waals surface area contributed by atoms with Crippen LogP contribution in [-0.4, -0.2) is 43.5 Å². The largest absolute Gasteiger partial charge is 0.497 e. The van der Waals surface area contributed by atoms with E-state index in [0.717, 1.165) is 40.0 Å². The molecule has 0 bridgehead atoms. The van der Waals surface area contributed by atoms with E-state index >= 15 is 0 Å². The fourth-order valence-corrected chi connectivity index (χ4v) is 6.25. The van der Waals surface area contributed by atoms with Crippen LogP contribution in [0.25, 0.3) is 10.9 Å². The van der Waals surface area contributed by atoms with Crippen LogP contribution in [0.2, 0.25) is 0 Å². The Hall–Kier alpha value is -6.35. The Morgan fingerprint density at radius 3 is 2.32 bits per heavy atom. The lowest BCUT2D eigenvalue weighted by atomic mass is 10.0. The van der Waals surface area contributed by atoms with E-state index in [0.29, 0.717) is 30.8 Å². The van der Waals surface area contributed by atoms with Gasteiger partial charge >= 0.3 is 0 Å². The van der Waals surface area contributed by atoms with Crippen molar-refractivity contribution in [2.24, 2.45) is 0 Å². The number of amides is 1. The van der Waals surface area contributed by atoms with Crippen molar-refractivity contribution >= 4 is 22.6 Å². The highest BCUT2D eigenvalue weighted by atomic mass is 16.5. The van der Waals surface area contributed by atoms with Gasteiger partial charge in [-0.25, -0.2) is 0 Å². The summed E-state index contributed by atoms with van der Waals surface area (Å²) >= 11 is 0. The maximum Gasteiger partial charge on any atom is 0.271 e. The standard InChI is InChI=1S/C41H36N6O3/c1-50-32-21-18-29(19-22-32)27-47-37(23-20-28-11-4-2-5-12-28)45-46-40(47)36(25-31-26-43-35-17-9-8-15-33(31)35)44-41(49)38-34(16-10-24-42-38)39(48)30-13-6-3-7-14-30/h2-19,21-22,24,26,36,43H,20,23,25,27H2,1H3,(H,44,49)/t36-/m1/s1. The molecule has 0 unspecified atom stereocenters. The Labute approximate surface area is 290 Å². The summed E-state index contributed by atoms with van der Waals surface area (Å²) in [5.41, 5.74) is 5.00. The highest BCUT2D eigenvalue weighted by Gasteiger charge is 2.28. The number of carbonyl (C=O) groups is 2. The molecule has 9 heteroatoms. The number of ketones is 1. The number of rotatable bonds is 13. The summed E-state index contributed by atoms with van der Waals surface area (Å²) in [5, 5.41) is 13.7. The lowest BCUT2D eigenvalue weighted by molar-refractivity contribution is 0.0918. The second-order valence-electron chi connectivity index (χ2n) is 12.1. The van der Waals surface area contributed by atoms with E-state index in [4.69, 9.17) is 14.9 Å². The van der Waals surface area contributed by atoms with Gasteiger partial charge in [0.2, 0.25) is 0 Å². The molecule has 0 aliphatic carbocycles. The van der Waals surface area contributed by atoms with Gasteiger partial charge in [0.1, 0.15) is 17.3 Å². The van der Waals surface area contributed by atoms with E-state index in [1.54, 1.807) is 43.5 Å². The van der Waals surface area contributed by atoms with Crippen molar-refractivity contribution in [2.75, 3.05) is 7.11 Å². The van der Waals surface area contributed by atoms with Crippen LogP contribution < -0.4 is 10.1 Å². The average Bonchev–Trinajstić information content (AvgIpc) is 3.78. The zero-order valence-corrected chi connectivity index (χ0v) is 27.6. The number of pyridine rings is 1. The number of nitrogens with one attached hydrogen (secondary N) is 2. The smallest absolute Gasteiger partial charge is 0.271 e. The molecule has 1 amide bonds. The van der Waals surface area contributed by atoms with Gasteiger partial charge in [-0.05, 0) is 53.4 Å². The summed E-state index contributed by atoms with van der Waals surface area (Å²) in [6.07, 6.45) is 5.34. The summed E-state index contributed by atoms with van der Waals surface area (Å²) < 4.78 is 7.50. The first-order valence-electron chi connectivity index (χ1n) is 16.6. The van der Waals surface area contributed by atoms with Crippen LogP contribution in [0.1, 0.15) is 60.8 Å². The van der Waals surface area contributed by atoms with Gasteiger partial charge in [0.25, 0.3) is 5.91 Å². The van der Waals surface area contributed by atoms with Crippen LogP contribution in [0.4, 0.5) is 0 Å². The lowest BCUT2D eigenvalue weighted by Crippen LogP contribution is -2.34. The summed E-state index contributed by atoms with van der Waals surface area (Å²) in [6.45, 7) is 0.484. The number of H-pyrrole nitrogens is 1. The Morgan fingerprint density at radius 2 is 1.54 bits per heavy atom. The topological polar surface area (TPSA) is 115 Å². The third kappa shape index (κ3) is 7.07. The van der Waals surface area contributed by atoms with Crippen LogP contribution >= 0.6 is 0 Å². The molecule has 50 heavy (non-hydrogen) atoms. The summed E-state index contributed by atoms with van der Waals surface area (Å²) in [7, 11) is 1.65. The number of hydrogen-bond acceptors (Lipinski definition) is 6. The second-order valence-corrected chi connectivity index (χ2v) is 12.1. The maximum absolute atomic E-state index is 14.2. The molecule has 4 aromatic carbocycles. The minimum absolute atomic E-state index is 0.0517. The normalized spacial score (nSPS) is 11.7. The Morgan fingerprint density at radius 1 is 0.800 bits per heavy atom. The third-order valence-corrected chi connectivity index (χ3v) is 8.86. The molecular weight excluding hydrogens is 624 g/mol. The quantitative estimate of drug-likeness (QED) is 0.130. The third-order valence-electron chi connectivity index (χ3n) is 8.86. The first-order valence-corrected chi connectivity index (χ1v) is 16.6. The van der Waals surface area contributed by atoms with E-state index in [1.807, 2.05) is 72.9 Å². The highest BCUT2D eigenvalue weighted by molar-refractivity contribution is 6.14. The molecule has 3 aromatic heterocycles. The summed E-state index contributed by atoms with van der Waals surface area (Å²) in [4.78, 5) is 35.6. The highest BCUT2D eigenvalue weighted by Crippen LogP contribution is 2.27. The lowest BCUT2D eigenvalue weighted by Gasteiger charge is -2.21. The van der Waals surface area contributed by atoms with Crippen molar-refractivity contribution in [2.45, 2.75) is 31.8 Å². The Bertz CT molecular complexity index is 2230. The van der Waals surface area contributed by atoms with Crippen LogP contribution in [0, 0.1) is 0 Å². The minimum Gasteiger partial charge on any atom is -0.497 e. The van der Waals surface area contributed by atoms with E-state index in [-0.39, 0.29) is 17.0 Å². The molecule has 0 radical (unpaired) electrons. The van der Waals surface area contributed by atoms with Crippen LogP contribution in [0.5, 0.6) is 5.75 Å². The van der Waals surface area contributed by atoms with Crippen molar-refractivity contribution in [3.63, 3.8) is 0 Å². The molecule has 7 aromatic rings. The zero-order valence-electron chi connectivity index (χ0n) is 27.6. The number of aromatic amines is 1. The SMILES string of the molecule is COc1ccc(Cn2c(CCc3ccccc3)nnc2[C@@H](Cc2c[nH]c3ccccc23)NC(=O)c2ncccc2C(=O)c2ccccc2)cc1. The fourth-order valence-electron chi connectivity index (χ4n) is 6.25. The molecule has 0 saturated carbocycles. The Kier molecular flexibility index (Phi) is 9.55. The summed E-state index contributed by atoms with van der Waals surface area (Å²) in [6, 6.07) is 37.8. The van der Waals surface area contributed by atoms with Crippen molar-refractivity contribution in [3.05, 3.63) is 179 Å². The summed E-state index contributed by atoms with van der Waals surface area (Å²) in [5.74, 6) is 1.43. The number of nitrogens with zero attached hydrogens (tertiary/aromatic N) is 4. The number of para-hydroxylation sites is 1. The molecule has 1 atom stereocenters. The van der Waals surface area contributed by atoms with Crippen LogP contribution in [-0.2, 0) is 25.8 Å². The number of hydrogen-bond donors (Lipinski definition) is 2. The van der Waals surface area contributed by atoms with Gasteiger partial charge in [0.15, 0.2) is 11.6 Å². The molecule has 0 fully saturated rings. The number of aromatic nitrogens is 5. The number of benzene rings is 4. The maximum atomic E-state index is 14.2. The monoisotopic (exact) mass is 660 g/mol. The van der Waals surface area contributed by atoms with Crippen LogP contribution in [0.3, 0.4) is 0 Å². The molecule has 3 heterocycles.